The molecule has 3 heterocycles. The van der Waals surface area contributed by atoms with E-state index in [0.717, 1.165) is 55.5 Å². The number of ether oxygens (including phenoxy) is 1. The number of Topliss-reactive ketones (excluding diaryl/α,β-unsaturated/α-hetero) is 1. The van der Waals surface area contributed by atoms with E-state index in [-0.39, 0.29) is 17.9 Å². The number of carbonyl (C=O) groups is 2. The van der Waals surface area contributed by atoms with E-state index in [2.05, 4.69) is 20.2 Å². The maximum atomic E-state index is 12.8. The van der Waals surface area contributed by atoms with Crippen LogP contribution in [0.3, 0.4) is 0 Å². The third kappa shape index (κ3) is 7.04. The Kier molecular flexibility index (Phi) is 9.06. The third-order valence-electron chi connectivity index (χ3n) is 6.86. The molecule has 8 heteroatoms. The summed E-state index contributed by atoms with van der Waals surface area (Å²) >= 11 is 0. The Hall–Kier alpha value is -3.52. The molecule has 196 valence electrons. The molecule has 1 fully saturated rings. The number of benzene rings is 1. The van der Waals surface area contributed by atoms with Crippen LogP contribution in [0.5, 0.6) is 5.88 Å². The van der Waals surface area contributed by atoms with E-state index in [9.17, 15) is 9.59 Å². The highest BCUT2D eigenvalue weighted by molar-refractivity contribution is 5.80. The van der Waals surface area contributed by atoms with E-state index in [4.69, 9.17) is 9.15 Å². The number of oxazole rings is 1. The van der Waals surface area contributed by atoms with Crippen molar-refractivity contribution in [2.45, 2.75) is 51.5 Å². The van der Waals surface area contributed by atoms with Crippen LogP contribution >= 0.6 is 0 Å². The Morgan fingerprint density at radius 2 is 1.76 bits per heavy atom. The van der Waals surface area contributed by atoms with Gasteiger partial charge in [0.25, 0.3) is 0 Å². The minimum atomic E-state index is -0.293. The number of rotatable bonds is 13. The molecule has 1 aliphatic heterocycles. The highest BCUT2D eigenvalue weighted by Gasteiger charge is 2.32. The molecule has 0 bridgehead atoms. The summed E-state index contributed by atoms with van der Waals surface area (Å²) in [6.07, 6.45) is 8.11. The lowest BCUT2D eigenvalue weighted by molar-refractivity contribution is -0.130. The van der Waals surface area contributed by atoms with E-state index in [1.807, 2.05) is 50.4 Å². The maximum absolute atomic E-state index is 12.8. The second kappa shape index (κ2) is 12.6. The summed E-state index contributed by atoms with van der Waals surface area (Å²) in [6, 6.07) is 11.5. The fourth-order valence-corrected chi connectivity index (χ4v) is 4.52. The van der Waals surface area contributed by atoms with Crippen molar-refractivity contribution in [3.05, 3.63) is 54.7 Å². The second-order valence-electron chi connectivity index (χ2n) is 9.70. The number of aromatic nitrogens is 2. The van der Waals surface area contributed by atoms with Crippen molar-refractivity contribution in [1.29, 1.82) is 0 Å². The molecule has 4 rings (SSSR count). The summed E-state index contributed by atoms with van der Waals surface area (Å²) < 4.78 is 11.3. The van der Waals surface area contributed by atoms with Gasteiger partial charge in [-0.3, -0.25) is 9.59 Å². The van der Waals surface area contributed by atoms with Crippen LogP contribution < -0.4 is 10.1 Å². The first-order valence-electron chi connectivity index (χ1n) is 13.0. The molecule has 1 unspecified atom stereocenters. The van der Waals surface area contributed by atoms with Crippen molar-refractivity contribution in [3.8, 4) is 28.3 Å². The topological polar surface area (TPSA) is 97.6 Å². The number of nitrogens with one attached hydrogen (secondary N) is 1. The molecule has 1 aliphatic rings. The van der Waals surface area contributed by atoms with Gasteiger partial charge in [0.05, 0.1) is 19.2 Å². The van der Waals surface area contributed by atoms with Gasteiger partial charge < -0.3 is 19.4 Å². The highest BCUT2D eigenvalue weighted by atomic mass is 16.5. The molecule has 0 radical (unpaired) electrons. The first-order chi connectivity index (χ1) is 18.0. The summed E-state index contributed by atoms with van der Waals surface area (Å²) in [5, 5.41) is 3.17. The Bertz CT molecular complexity index is 1170. The van der Waals surface area contributed by atoms with Crippen LogP contribution in [0.15, 0.2) is 53.2 Å². The second-order valence-corrected chi connectivity index (χ2v) is 9.70. The molecule has 3 aromatic rings. The molecule has 0 aliphatic carbocycles. The zero-order valence-electron chi connectivity index (χ0n) is 21.9. The Balaban J connectivity index is 1.42. The quantitative estimate of drug-likeness (QED) is 0.325. The monoisotopic (exact) mass is 504 g/mol. The summed E-state index contributed by atoms with van der Waals surface area (Å²) in [5.41, 5.74) is 2.94. The third-order valence-corrected chi connectivity index (χ3v) is 6.86. The number of hydrogen-bond acceptors (Lipinski definition) is 7. The number of likely N-dealkylation sites (tertiary alicyclic amines) is 1. The van der Waals surface area contributed by atoms with Gasteiger partial charge in [-0.25, -0.2) is 9.97 Å². The summed E-state index contributed by atoms with van der Waals surface area (Å²) in [6.45, 7) is 3.44. The van der Waals surface area contributed by atoms with Gasteiger partial charge in [0.1, 0.15) is 11.8 Å². The van der Waals surface area contributed by atoms with Crippen molar-refractivity contribution in [2.75, 3.05) is 27.2 Å². The van der Waals surface area contributed by atoms with E-state index in [1.54, 1.807) is 19.5 Å². The van der Waals surface area contributed by atoms with Gasteiger partial charge in [0.2, 0.25) is 17.7 Å². The van der Waals surface area contributed by atoms with Gasteiger partial charge in [-0.05, 0) is 31.5 Å². The van der Waals surface area contributed by atoms with Gasteiger partial charge in [-0.15, -0.1) is 0 Å². The number of pyridine rings is 1. The van der Waals surface area contributed by atoms with Crippen molar-refractivity contribution in [3.63, 3.8) is 0 Å². The molecule has 37 heavy (non-hydrogen) atoms. The predicted molar refractivity (Wildman–Crippen MR) is 142 cm³/mol. The smallest absolute Gasteiger partial charge is 0.226 e. The van der Waals surface area contributed by atoms with Gasteiger partial charge in [0.15, 0.2) is 5.76 Å². The van der Waals surface area contributed by atoms with Crippen molar-refractivity contribution in [1.82, 2.24) is 20.2 Å². The summed E-state index contributed by atoms with van der Waals surface area (Å²) in [5.74, 6) is 2.10. The molecule has 1 saturated heterocycles. The van der Waals surface area contributed by atoms with E-state index in [0.29, 0.717) is 36.2 Å². The van der Waals surface area contributed by atoms with Crippen LogP contribution in [0, 0.1) is 5.92 Å². The van der Waals surface area contributed by atoms with Crippen LogP contribution in [-0.4, -0.2) is 53.8 Å². The minimum absolute atomic E-state index is 0.00379. The standard InChI is InChI=1S/C29H36N4O4/c1-4-24(34)8-6-5-7-9-25(32-28(35)23-18-33(2)19-23)29-31-17-26(37-29)21-12-10-20(11-13-21)22-14-15-27(36-3)30-16-22/h10-17,23,25H,4-9,18-19H2,1-3H3,(H,32,35). The predicted octanol–water partition coefficient (Wildman–Crippen LogP) is 5.06. The lowest BCUT2D eigenvalue weighted by atomic mass is 9.99. The zero-order valence-corrected chi connectivity index (χ0v) is 21.9. The van der Waals surface area contributed by atoms with Crippen LogP contribution in [-0.2, 0) is 9.59 Å². The maximum Gasteiger partial charge on any atom is 0.226 e. The van der Waals surface area contributed by atoms with Crippen molar-refractivity contribution in [2.24, 2.45) is 5.92 Å². The van der Waals surface area contributed by atoms with Crippen molar-refractivity contribution >= 4 is 11.7 Å². The Morgan fingerprint density at radius 3 is 2.41 bits per heavy atom. The first kappa shape index (κ1) is 26.5. The lowest BCUT2D eigenvalue weighted by Crippen LogP contribution is -2.52. The van der Waals surface area contributed by atoms with Crippen LogP contribution in [0.1, 0.15) is 57.4 Å². The van der Waals surface area contributed by atoms with Crippen LogP contribution in [0.2, 0.25) is 0 Å². The number of carbonyl (C=O) groups excluding carboxylic acids is 2. The van der Waals surface area contributed by atoms with E-state index < -0.39 is 0 Å². The largest absolute Gasteiger partial charge is 0.481 e. The molecule has 0 saturated carbocycles. The number of ketones is 1. The molecular formula is C29H36N4O4. The zero-order chi connectivity index (χ0) is 26.2. The number of methoxy groups -OCH3 is 1. The Labute approximate surface area is 218 Å². The number of amides is 1. The molecule has 8 nitrogen and oxygen atoms in total. The first-order valence-corrected chi connectivity index (χ1v) is 13.0. The normalized spacial score (nSPS) is 14.7. The van der Waals surface area contributed by atoms with Gasteiger partial charge in [0, 0.05) is 49.3 Å². The highest BCUT2D eigenvalue weighted by Crippen LogP contribution is 2.29. The van der Waals surface area contributed by atoms with Gasteiger partial charge in [-0.1, -0.05) is 44.0 Å². The molecule has 1 N–H and O–H groups in total. The average Bonchev–Trinajstić information content (AvgIpc) is 3.40. The van der Waals surface area contributed by atoms with E-state index >= 15 is 0 Å². The SMILES string of the molecule is CCC(=O)CCCCCC(NC(=O)C1CN(C)C1)c1ncc(-c2ccc(-c3ccc(OC)nc3)cc2)o1. The molecule has 1 amide bonds. The molecule has 2 aromatic heterocycles. The van der Waals surface area contributed by atoms with Crippen LogP contribution in [0.25, 0.3) is 22.5 Å². The van der Waals surface area contributed by atoms with Gasteiger partial charge >= 0.3 is 0 Å². The summed E-state index contributed by atoms with van der Waals surface area (Å²) in [4.78, 5) is 35.3. The van der Waals surface area contributed by atoms with E-state index in [1.165, 1.54) is 0 Å². The lowest BCUT2D eigenvalue weighted by Gasteiger charge is -2.35. The molecule has 0 spiro atoms. The molecule has 1 aromatic carbocycles. The average molecular weight is 505 g/mol. The summed E-state index contributed by atoms with van der Waals surface area (Å²) in [7, 11) is 3.61. The number of hydrogen-bond donors (Lipinski definition) is 1. The number of nitrogens with zero attached hydrogens (tertiary/aromatic N) is 3. The molecule has 1 atom stereocenters. The van der Waals surface area contributed by atoms with Crippen molar-refractivity contribution < 1.29 is 18.7 Å². The fourth-order valence-electron chi connectivity index (χ4n) is 4.52. The van der Waals surface area contributed by atoms with Crippen LogP contribution in [0.4, 0.5) is 0 Å². The fraction of sp³-hybridized carbons (Fsp3) is 0.448. The minimum Gasteiger partial charge on any atom is -0.481 e. The Morgan fingerprint density at radius 1 is 1.03 bits per heavy atom. The number of unbranched alkanes of at least 4 members (excludes halogenated alkanes) is 2. The molecular weight excluding hydrogens is 468 g/mol. The van der Waals surface area contributed by atoms with Gasteiger partial charge in [-0.2, -0.15) is 0 Å².